The van der Waals surface area contributed by atoms with Gasteiger partial charge in [-0.1, -0.05) is 51.9 Å². The lowest BCUT2D eigenvalue weighted by Gasteiger charge is -2.24. The van der Waals surface area contributed by atoms with E-state index in [1.165, 1.54) is 25.7 Å². The van der Waals surface area contributed by atoms with Crippen LogP contribution in [-0.2, 0) is 14.4 Å². The van der Waals surface area contributed by atoms with Crippen molar-refractivity contribution in [2.45, 2.75) is 96.1 Å². The van der Waals surface area contributed by atoms with Crippen molar-refractivity contribution in [3.63, 3.8) is 0 Å². The van der Waals surface area contributed by atoms with Crippen LogP contribution in [0, 0.1) is 0 Å². The minimum absolute atomic E-state index is 0.0592. The molecule has 0 saturated carbocycles. The third kappa shape index (κ3) is 13.3. The van der Waals surface area contributed by atoms with Crippen molar-refractivity contribution in [1.82, 2.24) is 5.32 Å². The van der Waals surface area contributed by atoms with Gasteiger partial charge >= 0.3 is 5.97 Å². The monoisotopic (exact) mass is 358 g/mol. The summed E-state index contributed by atoms with van der Waals surface area (Å²) in [5.41, 5.74) is 3.83. The first kappa shape index (κ1) is 23.4. The molecular formula is C18H34N2O5. The van der Waals surface area contributed by atoms with Crippen LogP contribution in [0.3, 0.4) is 0 Å². The first-order valence-electron chi connectivity index (χ1n) is 9.21. The van der Waals surface area contributed by atoms with Crippen LogP contribution in [0.15, 0.2) is 0 Å². The normalized spacial score (nSPS) is 14.5. The molecule has 0 fully saturated rings. The summed E-state index contributed by atoms with van der Waals surface area (Å²) in [5, 5.41) is 21.7. The molecular weight excluding hydrogens is 324 g/mol. The molecule has 0 aromatic heterocycles. The number of hydrogen-bond acceptors (Lipinski definition) is 4. The standard InChI is InChI=1S/C18H34N2O5/c1-3-4-5-6-7-8-9-12-18(2,25)13-16(22)20-14(17(23)24)10-11-15(19)21/h14,25H,3-13H2,1-2H3,(H2,19,21)(H,20,22)(H,23,24). The van der Waals surface area contributed by atoms with Gasteiger partial charge in [0, 0.05) is 6.42 Å². The second-order valence-corrected chi connectivity index (χ2v) is 7.01. The van der Waals surface area contributed by atoms with Gasteiger partial charge < -0.3 is 21.3 Å². The predicted octanol–water partition coefficient (Wildman–Crippen LogP) is 2.10. The number of amides is 2. The Balaban J connectivity index is 4.13. The number of carboxylic acid groups (broad SMARTS) is 1. The van der Waals surface area contributed by atoms with E-state index in [1.54, 1.807) is 6.92 Å². The summed E-state index contributed by atoms with van der Waals surface area (Å²) in [6, 6.07) is -1.17. The average Bonchev–Trinajstić information content (AvgIpc) is 2.49. The minimum atomic E-state index is -1.22. The largest absolute Gasteiger partial charge is 0.480 e. The number of hydrogen-bond donors (Lipinski definition) is 4. The van der Waals surface area contributed by atoms with Crippen molar-refractivity contribution in [3.8, 4) is 0 Å². The zero-order valence-electron chi connectivity index (χ0n) is 15.6. The third-order valence-corrected chi connectivity index (χ3v) is 4.17. The SMILES string of the molecule is CCCCCCCCCC(C)(O)CC(=O)NC(CCC(N)=O)C(=O)O. The molecule has 0 bridgehead atoms. The van der Waals surface area contributed by atoms with Gasteiger partial charge in [-0.25, -0.2) is 4.79 Å². The summed E-state index contributed by atoms with van der Waals surface area (Å²) in [6.07, 6.45) is 8.00. The van der Waals surface area contributed by atoms with Crippen molar-refractivity contribution < 1.29 is 24.6 Å². The van der Waals surface area contributed by atoms with E-state index in [0.29, 0.717) is 6.42 Å². The van der Waals surface area contributed by atoms with Gasteiger partial charge in [-0.3, -0.25) is 9.59 Å². The molecule has 0 aliphatic carbocycles. The molecule has 0 aromatic carbocycles. The fraction of sp³-hybridized carbons (Fsp3) is 0.833. The van der Waals surface area contributed by atoms with Gasteiger partial charge in [0.25, 0.3) is 0 Å². The molecule has 2 unspecified atom stereocenters. The average molecular weight is 358 g/mol. The first-order valence-corrected chi connectivity index (χ1v) is 9.21. The molecule has 0 saturated heterocycles. The molecule has 0 radical (unpaired) electrons. The lowest BCUT2D eigenvalue weighted by Crippen LogP contribution is -2.44. The van der Waals surface area contributed by atoms with Gasteiger partial charge in [0.2, 0.25) is 11.8 Å². The zero-order chi connectivity index (χ0) is 19.3. The first-order chi connectivity index (χ1) is 11.7. The molecule has 0 heterocycles. The maximum atomic E-state index is 12.0. The van der Waals surface area contributed by atoms with Gasteiger partial charge in [-0.15, -0.1) is 0 Å². The number of rotatable bonds is 15. The van der Waals surface area contributed by atoms with E-state index >= 15 is 0 Å². The van der Waals surface area contributed by atoms with Crippen molar-refractivity contribution in [2.24, 2.45) is 5.73 Å². The quantitative estimate of drug-likeness (QED) is 0.333. The Hall–Kier alpha value is -1.63. The second kappa shape index (κ2) is 12.7. The van der Waals surface area contributed by atoms with Crippen LogP contribution in [0.5, 0.6) is 0 Å². The molecule has 7 heteroatoms. The molecule has 7 nitrogen and oxygen atoms in total. The summed E-state index contributed by atoms with van der Waals surface area (Å²) in [6.45, 7) is 3.76. The molecule has 146 valence electrons. The number of nitrogens with two attached hydrogens (primary N) is 1. The van der Waals surface area contributed by atoms with E-state index in [4.69, 9.17) is 10.8 Å². The molecule has 2 amide bonds. The molecule has 0 aliphatic rings. The molecule has 0 spiro atoms. The topological polar surface area (TPSA) is 130 Å². The highest BCUT2D eigenvalue weighted by Gasteiger charge is 2.27. The smallest absolute Gasteiger partial charge is 0.326 e. The number of carboxylic acids is 1. The van der Waals surface area contributed by atoms with Crippen LogP contribution in [0.25, 0.3) is 0 Å². The highest BCUT2D eigenvalue weighted by Crippen LogP contribution is 2.19. The van der Waals surface area contributed by atoms with E-state index in [0.717, 1.165) is 19.3 Å². The minimum Gasteiger partial charge on any atom is -0.480 e. The van der Waals surface area contributed by atoms with Crippen molar-refractivity contribution >= 4 is 17.8 Å². The highest BCUT2D eigenvalue weighted by atomic mass is 16.4. The van der Waals surface area contributed by atoms with Gasteiger partial charge in [0.05, 0.1) is 12.0 Å². The van der Waals surface area contributed by atoms with Gasteiger partial charge in [0.1, 0.15) is 6.04 Å². The predicted molar refractivity (Wildman–Crippen MR) is 95.8 cm³/mol. The van der Waals surface area contributed by atoms with Crippen LogP contribution in [0.2, 0.25) is 0 Å². The van der Waals surface area contributed by atoms with E-state index in [9.17, 15) is 19.5 Å². The molecule has 25 heavy (non-hydrogen) atoms. The van der Waals surface area contributed by atoms with Crippen LogP contribution in [-0.4, -0.2) is 39.6 Å². The number of carbonyl (C=O) groups excluding carboxylic acids is 2. The molecule has 0 aromatic rings. The van der Waals surface area contributed by atoms with Gasteiger partial charge in [0.15, 0.2) is 0 Å². The summed E-state index contributed by atoms with van der Waals surface area (Å²) in [5.74, 6) is -2.38. The Morgan fingerprint density at radius 3 is 2.16 bits per heavy atom. The van der Waals surface area contributed by atoms with Gasteiger partial charge in [-0.05, 0) is 19.8 Å². The zero-order valence-corrected chi connectivity index (χ0v) is 15.6. The maximum absolute atomic E-state index is 12.0. The van der Waals surface area contributed by atoms with Crippen LogP contribution < -0.4 is 11.1 Å². The Kier molecular flexibility index (Phi) is 11.9. The number of unbranched alkanes of at least 4 members (excludes halogenated alkanes) is 6. The summed E-state index contributed by atoms with van der Waals surface area (Å²) in [4.78, 5) is 33.8. The summed E-state index contributed by atoms with van der Waals surface area (Å²) >= 11 is 0. The van der Waals surface area contributed by atoms with Crippen LogP contribution >= 0.6 is 0 Å². The second-order valence-electron chi connectivity index (χ2n) is 7.01. The number of carbonyl (C=O) groups is 3. The summed E-state index contributed by atoms with van der Waals surface area (Å²) < 4.78 is 0. The summed E-state index contributed by atoms with van der Waals surface area (Å²) in [7, 11) is 0. The fourth-order valence-corrected chi connectivity index (χ4v) is 2.69. The third-order valence-electron chi connectivity index (χ3n) is 4.17. The Morgan fingerprint density at radius 1 is 1.08 bits per heavy atom. The van der Waals surface area contributed by atoms with Crippen LogP contribution in [0.4, 0.5) is 0 Å². The number of primary amides is 1. The van der Waals surface area contributed by atoms with Crippen molar-refractivity contribution in [1.29, 1.82) is 0 Å². The van der Waals surface area contributed by atoms with Crippen molar-refractivity contribution in [2.75, 3.05) is 0 Å². The Labute approximate surface area is 150 Å². The molecule has 2 atom stereocenters. The molecule has 0 rings (SSSR count). The maximum Gasteiger partial charge on any atom is 0.326 e. The fourth-order valence-electron chi connectivity index (χ4n) is 2.69. The van der Waals surface area contributed by atoms with Gasteiger partial charge in [-0.2, -0.15) is 0 Å². The molecule has 5 N–H and O–H groups in total. The number of aliphatic hydroxyl groups is 1. The molecule has 0 aliphatic heterocycles. The van der Waals surface area contributed by atoms with Crippen molar-refractivity contribution in [3.05, 3.63) is 0 Å². The number of nitrogens with one attached hydrogen (secondary N) is 1. The Bertz CT molecular complexity index is 424. The van der Waals surface area contributed by atoms with E-state index in [2.05, 4.69) is 12.2 Å². The number of aliphatic carboxylic acids is 1. The van der Waals surface area contributed by atoms with Crippen LogP contribution in [0.1, 0.15) is 84.5 Å². The Morgan fingerprint density at radius 2 is 1.64 bits per heavy atom. The highest BCUT2D eigenvalue weighted by molar-refractivity contribution is 5.84. The van der Waals surface area contributed by atoms with E-state index in [1.807, 2.05) is 0 Å². The van der Waals surface area contributed by atoms with E-state index < -0.39 is 29.4 Å². The lowest BCUT2D eigenvalue weighted by atomic mass is 9.93. The lowest BCUT2D eigenvalue weighted by molar-refractivity contribution is -0.143. The van der Waals surface area contributed by atoms with E-state index in [-0.39, 0.29) is 19.3 Å².